The molecule has 1 aromatic heterocycles. The molecule has 126 valence electrons. The molecule has 2 aliphatic carbocycles. The molecular weight excluding hydrogens is 294 g/mol. The van der Waals surface area contributed by atoms with Crippen molar-refractivity contribution in [2.75, 3.05) is 7.05 Å². The third-order valence-electron chi connectivity index (χ3n) is 5.59. The van der Waals surface area contributed by atoms with Gasteiger partial charge in [-0.2, -0.15) is 5.10 Å². The Kier molecular flexibility index (Phi) is 4.41. The molecule has 6 nitrogen and oxygen atoms in total. The van der Waals surface area contributed by atoms with Crippen LogP contribution in [0.3, 0.4) is 0 Å². The van der Waals surface area contributed by atoms with E-state index < -0.39 is 11.5 Å². The molecule has 2 saturated carbocycles. The van der Waals surface area contributed by atoms with Gasteiger partial charge in [-0.25, -0.2) is 4.79 Å². The third kappa shape index (κ3) is 2.75. The number of carboxylic acids is 1. The highest BCUT2D eigenvalue weighted by Gasteiger charge is 2.46. The number of carbonyl (C=O) groups excluding carboxylic acids is 1. The number of aromatic nitrogens is 2. The Balaban J connectivity index is 1.87. The molecular formula is C17H25N3O3. The van der Waals surface area contributed by atoms with Crippen LogP contribution in [0.5, 0.6) is 0 Å². The van der Waals surface area contributed by atoms with Crippen LogP contribution in [0.1, 0.15) is 74.3 Å². The quantitative estimate of drug-likeness (QED) is 0.926. The van der Waals surface area contributed by atoms with E-state index in [-0.39, 0.29) is 11.9 Å². The lowest BCUT2D eigenvalue weighted by molar-refractivity contribution is -0.151. The van der Waals surface area contributed by atoms with E-state index in [4.69, 9.17) is 0 Å². The molecule has 0 aromatic carbocycles. The number of hydrogen-bond acceptors (Lipinski definition) is 3. The molecule has 2 fully saturated rings. The largest absolute Gasteiger partial charge is 0.479 e. The summed E-state index contributed by atoms with van der Waals surface area (Å²) >= 11 is 0. The monoisotopic (exact) mass is 319 g/mol. The summed E-state index contributed by atoms with van der Waals surface area (Å²) < 4.78 is 1.81. The first-order valence-electron chi connectivity index (χ1n) is 8.61. The van der Waals surface area contributed by atoms with Crippen LogP contribution in [0, 0.1) is 0 Å². The van der Waals surface area contributed by atoms with Crippen molar-refractivity contribution in [1.29, 1.82) is 0 Å². The SMILES string of the molecule is CN(C(=O)c1ccnn1C1CCCC1)C1(C(=O)O)CCCCC1. The predicted octanol–water partition coefficient (Wildman–Crippen LogP) is 2.86. The van der Waals surface area contributed by atoms with Gasteiger partial charge in [-0.05, 0) is 31.7 Å². The van der Waals surface area contributed by atoms with Crippen molar-refractivity contribution in [3.8, 4) is 0 Å². The van der Waals surface area contributed by atoms with Gasteiger partial charge in [-0.3, -0.25) is 9.48 Å². The molecule has 3 rings (SSSR count). The molecule has 23 heavy (non-hydrogen) atoms. The minimum Gasteiger partial charge on any atom is -0.479 e. The summed E-state index contributed by atoms with van der Waals surface area (Å²) in [5, 5.41) is 14.1. The predicted molar refractivity (Wildman–Crippen MR) is 85.3 cm³/mol. The average Bonchev–Trinajstić information content (AvgIpc) is 3.24. The summed E-state index contributed by atoms with van der Waals surface area (Å²) in [4.78, 5) is 26.4. The van der Waals surface area contributed by atoms with Gasteiger partial charge in [-0.15, -0.1) is 0 Å². The van der Waals surface area contributed by atoms with Gasteiger partial charge in [0.1, 0.15) is 11.2 Å². The molecule has 0 bridgehead atoms. The minimum absolute atomic E-state index is 0.223. The smallest absolute Gasteiger partial charge is 0.329 e. The lowest BCUT2D eigenvalue weighted by Crippen LogP contribution is -2.56. The maximum absolute atomic E-state index is 13.0. The summed E-state index contributed by atoms with van der Waals surface area (Å²) in [5.74, 6) is -1.11. The van der Waals surface area contributed by atoms with E-state index in [9.17, 15) is 14.7 Å². The number of carbonyl (C=O) groups is 2. The van der Waals surface area contributed by atoms with Crippen LogP contribution in [0.15, 0.2) is 12.3 Å². The standard InChI is InChI=1S/C17H25N3O3/c1-19(17(16(22)23)10-5-2-6-11-17)15(21)14-9-12-18-20(14)13-7-3-4-8-13/h9,12-13H,2-8,10-11H2,1H3,(H,22,23). The van der Waals surface area contributed by atoms with Crippen LogP contribution < -0.4 is 0 Å². The van der Waals surface area contributed by atoms with Gasteiger partial charge in [0.05, 0.1) is 6.04 Å². The molecule has 1 amide bonds. The maximum atomic E-state index is 13.0. The second-order valence-corrected chi connectivity index (χ2v) is 6.86. The molecule has 0 aliphatic heterocycles. The normalized spacial score (nSPS) is 21.3. The zero-order valence-electron chi connectivity index (χ0n) is 13.7. The number of amides is 1. The second-order valence-electron chi connectivity index (χ2n) is 6.86. The summed E-state index contributed by atoms with van der Waals surface area (Å²) in [6.07, 6.45) is 9.85. The lowest BCUT2D eigenvalue weighted by Gasteiger charge is -2.41. The van der Waals surface area contributed by atoms with Crippen LogP contribution in [0.4, 0.5) is 0 Å². The van der Waals surface area contributed by atoms with E-state index in [2.05, 4.69) is 5.10 Å². The van der Waals surface area contributed by atoms with E-state index in [1.54, 1.807) is 19.3 Å². The number of rotatable bonds is 4. The van der Waals surface area contributed by atoms with Crippen LogP contribution in [0.25, 0.3) is 0 Å². The average molecular weight is 319 g/mol. The Morgan fingerprint density at radius 1 is 1.22 bits per heavy atom. The number of nitrogens with zero attached hydrogens (tertiary/aromatic N) is 3. The molecule has 2 aliphatic rings. The number of carboxylic acid groups (broad SMARTS) is 1. The van der Waals surface area contributed by atoms with Crippen LogP contribution in [0.2, 0.25) is 0 Å². The first-order chi connectivity index (χ1) is 11.1. The molecule has 0 saturated heterocycles. The van der Waals surface area contributed by atoms with Crippen molar-refractivity contribution in [1.82, 2.24) is 14.7 Å². The van der Waals surface area contributed by atoms with Crippen LogP contribution in [-0.2, 0) is 4.79 Å². The summed E-state index contributed by atoms with van der Waals surface area (Å²) in [7, 11) is 1.63. The van der Waals surface area contributed by atoms with Gasteiger partial charge in [0, 0.05) is 13.2 Å². The third-order valence-corrected chi connectivity index (χ3v) is 5.59. The molecule has 0 spiro atoms. The second kappa shape index (κ2) is 6.34. The van der Waals surface area contributed by atoms with E-state index >= 15 is 0 Å². The van der Waals surface area contributed by atoms with Crippen molar-refractivity contribution in [3.63, 3.8) is 0 Å². The lowest BCUT2D eigenvalue weighted by atomic mass is 9.80. The summed E-state index contributed by atoms with van der Waals surface area (Å²) in [6.45, 7) is 0. The zero-order valence-corrected chi connectivity index (χ0v) is 13.7. The van der Waals surface area contributed by atoms with Crippen LogP contribution >= 0.6 is 0 Å². The van der Waals surface area contributed by atoms with Crippen molar-refractivity contribution >= 4 is 11.9 Å². The highest BCUT2D eigenvalue weighted by molar-refractivity contribution is 5.96. The van der Waals surface area contributed by atoms with Gasteiger partial charge >= 0.3 is 5.97 Å². The number of aliphatic carboxylic acids is 1. The molecule has 0 unspecified atom stereocenters. The zero-order chi connectivity index (χ0) is 16.4. The van der Waals surface area contributed by atoms with Gasteiger partial charge in [0.15, 0.2) is 0 Å². The fourth-order valence-corrected chi connectivity index (χ4v) is 4.12. The summed E-state index contributed by atoms with van der Waals surface area (Å²) in [6, 6.07) is 1.99. The topological polar surface area (TPSA) is 75.4 Å². The first-order valence-corrected chi connectivity index (χ1v) is 8.61. The fraction of sp³-hybridized carbons (Fsp3) is 0.706. The van der Waals surface area contributed by atoms with E-state index in [1.807, 2.05) is 4.68 Å². The van der Waals surface area contributed by atoms with Gasteiger partial charge < -0.3 is 10.0 Å². The highest BCUT2D eigenvalue weighted by atomic mass is 16.4. The number of likely N-dealkylation sites (N-methyl/N-ethyl adjacent to an activating group) is 1. The minimum atomic E-state index is -1.07. The molecule has 0 radical (unpaired) electrons. The van der Waals surface area contributed by atoms with Crippen molar-refractivity contribution in [2.24, 2.45) is 0 Å². The van der Waals surface area contributed by atoms with E-state index in [0.29, 0.717) is 18.5 Å². The van der Waals surface area contributed by atoms with Crippen LogP contribution in [-0.4, -0.2) is 44.3 Å². The van der Waals surface area contributed by atoms with Gasteiger partial charge in [-0.1, -0.05) is 32.1 Å². The fourth-order valence-electron chi connectivity index (χ4n) is 4.12. The molecule has 1 N–H and O–H groups in total. The maximum Gasteiger partial charge on any atom is 0.329 e. The molecule has 1 aromatic rings. The Bertz CT molecular complexity index is 584. The Labute approximate surface area is 136 Å². The Morgan fingerprint density at radius 2 is 1.87 bits per heavy atom. The highest BCUT2D eigenvalue weighted by Crippen LogP contribution is 2.35. The first kappa shape index (κ1) is 16.0. The van der Waals surface area contributed by atoms with E-state index in [1.165, 1.54) is 4.90 Å². The summed E-state index contributed by atoms with van der Waals surface area (Å²) in [5.41, 5.74) is -0.550. The van der Waals surface area contributed by atoms with Crippen molar-refractivity contribution in [3.05, 3.63) is 18.0 Å². The Hall–Kier alpha value is -1.85. The molecule has 0 atom stereocenters. The van der Waals surface area contributed by atoms with Crippen molar-refractivity contribution < 1.29 is 14.7 Å². The molecule has 1 heterocycles. The van der Waals surface area contributed by atoms with Gasteiger partial charge in [0.2, 0.25) is 0 Å². The van der Waals surface area contributed by atoms with E-state index in [0.717, 1.165) is 44.9 Å². The Morgan fingerprint density at radius 3 is 2.48 bits per heavy atom. The van der Waals surface area contributed by atoms with Crippen molar-refractivity contribution in [2.45, 2.75) is 69.4 Å². The molecule has 6 heteroatoms. The van der Waals surface area contributed by atoms with Gasteiger partial charge in [0.25, 0.3) is 5.91 Å². The number of hydrogen-bond donors (Lipinski definition) is 1.